The van der Waals surface area contributed by atoms with E-state index in [4.69, 9.17) is 28.4 Å². The van der Waals surface area contributed by atoms with Crippen molar-refractivity contribution in [3.63, 3.8) is 0 Å². The lowest BCUT2D eigenvalue weighted by atomic mass is 9.87. The van der Waals surface area contributed by atoms with Crippen LogP contribution >= 0.6 is 47.0 Å². The van der Waals surface area contributed by atoms with Gasteiger partial charge in [-0.2, -0.15) is 0 Å². The molecule has 338 valence electrons. The fraction of sp³-hybridized carbons (Fsp3) is 0.538. The van der Waals surface area contributed by atoms with E-state index in [1.807, 2.05) is 0 Å². The average molecular weight is 919 g/mol. The van der Waals surface area contributed by atoms with Crippen LogP contribution < -0.4 is 18.9 Å². The maximum atomic E-state index is 6.96. The first-order valence-electron chi connectivity index (χ1n) is 22.3. The first-order valence-corrected chi connectivity index (χ1v) is 25.6. The SMILES string of the molecule is CCCOc1c2cc(C(C)(C)C)cc1Sc1cc(C(C)(C)C)cc3c1OCCOCCOCCOc1c(cc(C(C)(C)C)cc1Sc1cc(C(C)(C)C)cc(c1OCCC)S3)S2. The van der Waals surface area contributed by atoms with Crippen LogP contribution in [0.25, 0.3) is 0 Å². The summed E-state index contributed by atoms with van der Waals surface area (Å²) in [4.78, 5) is 8.38. The molecule has 4 aromatic rings. The Kier molecular flexibility index (Phi) is 16.0. The highest BCUT2D eigenvalue weighted by molar-refractivity contribution is 8.01. The first kappa shape index (κ1) is 48.8. The van der Waals surface area contributed by atoms with Gasteiger partial charge in [0.05, 0.1) is 78.8 Å². The standard InChI is InChI=1S/C52H70O6S4/c1-15-17-55-45-37-25-33(49(3,4)5)26-38(45)60-42-30-36(52(12,13)14)32-44-48(42)58-24-22-54-20-19-53-21-23-57-47-41(59-37)29-35(51(9,10)11)31-43(47)61-39-27-34(50(6,7)8)28-40(62-44)46(39)56-18-16-2/h25-32H,15-24H2,1-14H3. The molecule has 0 radical (unpaired) electrons. The van der Waals surface area contributed by atoms with Gasteiger partial charge in [-0.05, 0) is 105 Å². The van der Waals surface area contributed by atoms with Gasteiger partial charge in [0.2, 0.25) is 0 Å². The lowest BCUT2D eigenvalue weighted by Crippen LogP contribution is -2.15. The Hall–Kier alpha value is -2.60. The number of ether oxygens (including phenoxy) is 6. The van der Waals surface area contributed by atoms with Gasteiger partial charge >= 0.3 is 0 Å². The molecule has 6 rings (SSSR count). The van der Waals surface area contributed by atoms with Crippen molar-refractivity contribution in [2.45, 2.75) is 171 Å². The summed E-state index contributed by atoms with van der Waals surface area (Å²) in [6, 6.07) is 18.7. The zero-order chi connectivity index (χ0) is 45.0. The van der Waals surface area contributed by atoms with Crippen molar-refractivity contribution in [3.05, 3.63) is 70.8 Å². The van der Waals surface area contributed by atoms with Crippen molar-refractivity contribution in [1.29, 1.82) is 0 Å². The molecule has 0 N–H and O–H groups in total. The third-order valence-corrected chi connectivity index (χ3v) is 14.8. The lowest BCUT2D eigenvalue weighted by molar-refractivity contribution is 0.0263. The van der Waals surface area contributed by atoms with Gasteiger partial charge in [-0.15, -0.1) is 0 Å². The van der Waals surface area contributed by atoms with Crippen molar-refractivity contribution in [2.24, 2.45) is 0 Å². The predicted molar refractivity (Wildman–Crippen MR) is 261 cm³/mol. The summed E-state index contributed by atoms with van der Waals surface area (Å²) >= 11 is 6.95. The molecule has 0 saturated heterocycles. The van der Waals surface area contributed by atoms with Crippen LogP contribution in [0.5, 0.6) is 23.0 Å². The van der Waals surface area contributed by atoms with Crippen molar-refractivity contribution in [1.82, 2.24) is 0 Å². The molecule has 0 spiro atoms. The van der Waals surface area contributed by atoms with Crippen LogP contribution in [-0.4, -0.2) is 52.9 Å². The predicted octanol–water partition coefficient (Wildman–Crippen LogP) is 15.2. The van der Waals surface area contributed by atoms with Crippen LogP contribution in [-0.2, 0) is 31.1 Å². The summed E-state index contributed by atoms with van der Waals surface area (Å²) in [7, 11) is 0. The summed E-state index contributed by atoms with van der Waals surface area (Å²) in [5.41, 5.74) is 4.36. The van der Waals surface area contributed by atoms with Gasteiger partial charge in [0.25, 0.3) is 0 Å². The first-order chi connectivity index (χ1) is 29.2. The van der Waals surface area contributed by atoms with Crippen molar-refractivity contribution >= 4 is 47.0 Å². The van der Waals surface area contributed by atoms with Crippen molar-refractivity contribution < 1.29 is 28.4 Å². The van der Waals surface area contributed by atoms with E-state index in [1.165, 1.54) is 22.3 Å². The highest BCUT2D eigenvalue weighted by atomic mass is 32.2. The molecule has 4 aromatic carbocycles. The molecule has 6 nitrogen and oxygen atoms in total. The maximum Gasteiger partial charge on any atom is 0.147 e. The van der Waals surface area contributed by atoms with Gasteiger partial charge < -0.3 is 28.4 Å². The fourth-order valence-corrected chi connectivity index (χ4v) is 11.6. The molecule has 0 saturated carbocycles. The molecule has 2 heterocycles. The fourth-order valence-electron chi connectivity index (χ4n) is 6.82. The second-order valence-corrected chi connectivity index (χ2v) is 24.6. The van der Waals surface area contributed by atoms with Crippen LogP contribution in [0.3, 0.4) is 0 Å². The van der Waals surface area contributed by atoms with E-state index in [2.05, 4.69) is 145 Å². The van der Waals surface area contributed by atoms with Crippen molar-refractivity contribution in [2.75, 3.05) is 52.9 Å². The largest absolute Gasteiger partial charge is 0.491 e. The van der Waals surface area contributed by atoms with Crippen LogP contribution in [0.1, 0.15) is 132 Å². The molecule has 10 heteroatoms. The van der Waals surface area contributed by atoms with E-state index in [-0.39, 0.29) is 21.7 Å². The molecule has 0 aromatic heterocycles. The van der Waals surface area contributed by atoms with Gasteiger partial charge in [-0.3, -0.25) is 0 Å². The minimum absolute atomic E-state index is 0.137. The molecule has 0 amide bonds. The van der Waals surface area contributed by atoms with Gasteiger partial charge in [-0.25, -0.2) is 0 Å². The Labute approximate surface area is 390 Å². The molecule has 0 fully saturated rings. The molecule has 0 unspecified atom stereocenters. The molecule has 62 heavy (non-hydrogen) atoms. The zero-order valence-electron chi connectivity index (χ0n) is 39.8. The summed E-state index contributed by atoms with van der Waals surface area (Å²) in [6.07, 6.45) is 1.77. The van der Waals surface area contributed by atoms with E-state index in [9.17, 15) is 0 Å². The quantitative estimate of drug-likeness (QED) is 0.165. The molecule has 2 aliphatic rings. The van der Waals surface area contributed by atoms with Gasteiger partial charge in [-0.1, -0.05) is 144 Å². The third-order valence-electron chi connectivity index (χ3n) is 10.6. The minimum atomic E-state index is -0.144. The number of benzene rings is 4. The Morgan fingerprint density at radius 2 is 0.629 bits per heavy atom. The van der Waals surface area contributed by atoms with E-state index < -0.39 is 0 Å². The Morgan fingerprint density at radius 1 is 0.387 bits per heavy atom. The second-order valence-electron chi connectivity index (χ2n) is 20.2. The lowest BCUT2D eigenvalue weighted by Gasteiger charge is -2.28. The van der Waals surface area contributed by atoms with E-state index >= 15 is 0 Å². The van der Waals surface area contributed by atoms with Crippen LogP contribution in [0.15, 0.2) is 87.7 Å². The number of hydrogen-bond acceptors (Lipinski definition) is 10. The molecule has 10 bridgehead atoms. The highest BCUT2D eigenvalue weighted by Gasteiger charge is 2.30. The van der Waals surface area contributed by atoms with E-state index in [1.54, 1.807) is 47.0 Å². The van der Waals surface area contributed by atoms with Gasteiger partial charge in [0, 0.05) is 0 Å². The topological polar surface area (TPSA) is 55.4 Å². The number of hydrogen-bond donors (Lipinski definition) is 0. The Bertz CT molecular complexity index is 1940. The molecular weight excluding hydrogens is 849 g/mol. The van der Waals surface area contributed by atoms with Crippen LogP contribution in [0.4, 0.5) is 0 Å². The van der Waals surface area contributed by atoms with Gasteiger partial charge in [0.1, 0.15) is 36.2 Å². The van der Waals surface area contributed by atoms with Crippen LogP contribution in [0.2, 0.25) is 0 Å². The summed E-state index contributed by atoms with van der Waals surface area (Å²) in [5, 5.41) is 0. The normalized spacial score (nSPS) is 15.6. The summed E-state index contributed by atoms with van der Waals surface area (Å²) in [5.74, 6) is 3.43. The number of fused-ring (bicyclic) bond motifs is 2. The van der Waals surface area contributed by atoms with Crippen molar-refractivity contribution in [3.8, 4) is 23.0 Å². The molecule has 2 aliphatic heterocycles. The minimum Gasteiger partial charge on any atom is -0.491 e. The van der Waals surface area contributed by atoms with E-state index in [0.717, 1.165) is 75.0 Å². The van der Waals surface area contributed by atoms with E-state index in [0.29, 0.717) is 52.9 Å². The zero-order valence-corrected chi connectivity index (χ0v) is 43.0. The summed E-state index contributed by atoms with van der Waals surface area (Å²) in [6.45, 7) is 35.5. The number of rotatable bonds is 6. The summed E-state index contributed by atoms with van der Waals surface area (Å²) < 4.78 is 39.9. The third kappa shape index (κ3) is 12.2. The molecule has 0 atom stereocenters. The van der Waals surface area contributed by atoms with Crippen LogP contribution in [0, 0.1) is 0 Å². The Balaban J connectivity index is 1.81. The second kappa shape index (κ2) is 20.3. The van der Waals surface area contributed by atoms with Gasteiger partial charge in [0.15, 0.2) is 0 Å². The molecular formula is C52H70O6S4. The average Bonchev–Trinajstić information content (AvgIpc) is 3.17. The maximum absolute atomic E-state index is 6.96. The monoisotopic (exact) mass is 918 g/mol. The Morgan fingerprint density at radius 3 is 0.871 bits per heavy atom. The smallest absolute Gasteiger partial charge is 0.147 e. The highest BCUT2D eigenvalue weighted by Crippen LogP contribution is 2.56. The molecule has 0 aliphatic carbocycles.